The lowest BCUT2D eigenvalue weighted by Crippen LogP contribution is -2.14. The van der Waals surface area contributed by atoms with Crippen LogP contribution in [0.4, 0.5) is 11.5 Å². The van der Waals surface area contributed by atoms with Crippen LogP contribution in [-0.4, -0.2) is 15.5 Å². The maximum absolute atomic E-state index is 11.9. The number of hydrogen-bond acceptors (Lipinski definition) is 3. The van der Waals surface area contributed by atoms with E-state index >= 15 is 0 Å². The predicted octanol–water partition coefficient (Wildman–Crippen LogP) is 1.86. The fourth-order valence-corrected chi connectivity index (χ4v) is 1.70. The van der Waals surface area contributed by atoms with Gasteiger partial charge in [0.15, 0.2) is 5.69 Å². The summed E-state index contributed by atoms with van der Waals surface area (Å²) in [6.07, 6.45) is 1.51. The number of carbonyl (C=O) groups excluding carboxylic acids is 1. The average molecular weight is 342 g/mol. The molecule has 0 aliphatic carbocycles. The molecule has 1 aromatic heterocycles. The molecule has 0 bridgehead atoms. The number of nitrogens with zero attached hydrogens (tertiary/aromatic N) is 2. The van der Waals surface area contributed by atoms with Gasteiger partial charge in [0, 0.05) is 16.3 Å². The van der Waals surface area contributed by atoms with Crippen molar-refractivity contribution < 1.29 is 4.79 Å². The minimum Gasteiger partial charge on any atom is -0.383 e. The van der Waals surface area contributed by atoms with Crippen LogP contribution in [0.1, 0.15) is 10.5 Å². The van der Waals surface area contributed by atoms with Gasteiger partial charge in [-0.1, -0.05) is 0 Å². The van der Waals surface area contributed by atoms with Crippen LogP contribution in [0.3, 0.4) is 0 Å². The fraction of sp³-hybridized carbons (Fsp3) is 0.0909. The smallest absolute Gasteiger partial charge is 0.278 e. The van der Waals surface area contributed by atoms with E-state index in [0.717, 1.165) is 9.26 Å². The number of nitrogens with one attached hydrogen (secondary N) is 1. The van der Waals surface area contributed by atoms with Crippen molar-refractivity contribution >= 4 is 40.0 Å². The van der Waals surface area contributed by atoms with Gasteiger partial charge in [0.05, 0.1) is 6.33 Å². The van der Waals surface area contributed by atoms with Crippen molar-refractivity contribution in [1.82, 2.24) is 9.55 Å². The number of rotatable bonds is 2. The molecule has 0 saturated heterocycles. The summed E-state index contributed by atoms with van der Waals surface area (Å²) in [6, 6.07) is 7.49. The number of aryl methyl sites for hydroxylation is 1. The van der Waals surface area contributed by atoms with Gasteiger partial charge in [0.2, 0.25) is 0 Å². The summed E-state index contributed by atoms with van der Waals surface area (Å²) in [7, 11) is 1.74. The maximum atomic E-state index is 11.9. The summed E-state index contributed by atoms with van der Waals surface area (Å²) >= 11 is 2.20. The Labute approximate surface area is 112 Å². The Morgan fingerprint density at radius 2 is 2.06 bits per heavy atom. The van der Waals surface area contributed by atoms with E-state index in [4.69, 9.17) is 5.73 Å². The van der Waals surface area contributed by atoms with Crippen LogP contribution < -0.4 is 11.1 Å². The topological polar surface area (TPSA) is 72.9 Å². The zero-order valence-electron chi connectivity index (χ0n) is 9.14. The summed E-state index contributed by atoms with van der Waals surface area (Å²) in [6.45, 7) is 0. The second-order valence-corrected chi connectivity index (χ2v) is 4.80. The molecule has 1 heterocycles. The van der Waals surface area contributed by atoms with Crippen LogP contribution >= 0.6 is 22.6 Å². The Morgan fingerprint density at radius 1 is 1.41 bits per heavy atom. The third-order valence-corrected chi connectivity index (χ3v) is 3.02. The predicted molar refractivity (Wildman–Crippen MR) is 74.7 cm³/mol. The molecule has 1 aromatic carbocycles. The molecule has 0 unspecified atom stereocenters. The molecule has 0 aliphatic rings. The van der Waals surface area contributed by atoms with E-state index in [0.29, 0.717) is 5.82 Å². The molecule has 88 valence electrons. The van der Waals surface area contributed by atoms with E-state index < -0.39 is 0 Å². The first-order valence-electron chi connectivity index (χ1n) is 4.91. The number of aromatic nitrogens is 2. The van der Waals surface area contributed by atoms with Gasteiger partial charge in [-0.25, -0.2) is 4.98 Å². The molecule has 6 heteroatoms. The molecule has 0 spiro atoms. The summed E-state index contributed by atoms with van der Waals surface area (Å²) in [5, 5.41) is 2.74. The Morgan fingerprint density at radius 3 is 2.59 bits per heavy atom. The van der Waals surface area contributed by atoms with Crippen LogP contribution in [0.15, 0.2) is 30.6 Å². The molecule has 3 N–H and O–H groups in total. The lowest BCUT2D eigenvalue weighted by Gasteiger charge is -2.04. The third-order valence-electron chi connectivity index (χ3n) is 2.30. The maximum Gasteiger partial charge on any atom is 0.278 e. The fourth-order valence-electron chi connectivity index (χ4n) is 1.34. The lowest BCUT2D eigenvalue weighted by atomic mass is 10.3. The first kappa shape index (κ1) is 11.9. The molecule has 0 fully saturated rings. The monoisotopic (exact) mass is 342 g/mol. The normalized spacial score (nSPS) is 10.2. The van der Waals surface area contributed by atoms with E-state index in [1.165, 1.54) is 6.33 Å². The van der Waals surface area contributed by atoms with Crippen LogP contribution in [0, 0.1) is 3.57 Å². The van der Waals surface area contributed by atoms with Crippen molar-refractivity contribution in [1.29, 1.82) is 0 Å². The minimum atomic E-state index is -0.302. The van der Waals surface area contributed by atoms with Crippen molar-refractivity contribution in [2.24, 2.45) is 7.05 Å². The minimum absolute atomic E-state index is 0.242. The molecule has 5 nitrogen and oxygen atoms in total. The van der Waals surface area contributed by atoms with E-state index in [2.05, 4.69) is 32.9 Å². The molecule has 0 saturated carbocycles. The number of nitrogens with two attached hydrogens (primary N) is 1. The molecule has 0 atom stereocenters. The van der Waals surface area contributed by atoms with Crippen LogP contribution in [0.5, 0.6) is 0 Å². The zero-order chi connectivity index (χ0) is 12.4. The molecule has 2 aromatic rings. The molecule has 2 rings (SSSR count). The van der Waals surface area contributed by atoms with E-state index in [1.54, 1.807) is 11.6 Å². The van der Waals surface area contributed by atoms with E-state index in [-0.39, 0.29) is 11.6 Å². The summed E-state index contributed by atoms with van der Waals surface area (Å²) in [4.78, 5) is 15.8. The van der Waals surface area contributed by atoms with Gasteiger partial charge < -0.3 is 15.6 Å². The highest BCUT2D eigenvalue weighted by molar-refractivity contribution is 14.1. The highest BCUT2D eigenvalue weighted by atomic mass is 127. The van der Waals surface area contributed by atoms with E-state index in [1.807, 2.05) is 24.3 Å². The average Bonchev–Trinajstić information content (AvgIpc) is 2.63. The Balaban J connectivity index is 2.17. The summed E-state index contributed by atoms with van der Waals surface area (Å²) in [5.74, 6) is 0.0531. The van der Waals surface area contributed by atoms with E-state index in [9.17, 15) is 4.79 Å². The SMILES string of the molecule is Cn1cnc(C(=O)Nc2ccc(I)cc2)c1N. The van der Waals surface area contributed by atoms with Crippen LogP contribution in [-0.2, 0) is 7.05 Å². The summed E-state index contributed by atoms with van der Waals surface area (Å²) in [5.41, 5.74) is 6.68. The first-order chi connectivity index (χ1) is 8.08. The van der Waals surface area contributed by atoms with Gasteiger partial charge in [-0.2, -0.15) is 0 Å². The summed E-state index contributed by atoms with van der Waals surface area (Å²) < 4.78 is 2.71. The van der Waals surface area contributed by atoms with Gasteiger partial charge >= 0.3 is 0 Å². The van der Waals surface area contributed by atoms with Gasteiger partial charge in [0.1, 0.15) is 5.82 Å². The number of carbonyl (C=O) groups is 1. The highest BCUT2D eigenvalue weighted by Crippen LogP contribution is 2.14. The Hall–Kier alpha value is -1.57. The molecular formula is C11H11IN4O. The number of nitrogen functional groups attached to an aromatic ring is 1. The van der Waals surface area contributed by atoms with Crippen molar-refractivity contribution in [2.75, 3.05) is 11.1 Å². The molecule has 0 aliphatic heterocycles. The first-order valence-corrected chi connectivity index (χ1v) is 5.99. The van der Waals surface area contributed by atoms with Gasteiger partial charge in [-0.05, 0) is 46.9 Å². The van der Waals surface area contributed by atoms with Crippen LogP contribution in [0.2, 0.25) is 0 Å². The number of imidazole rings is 1. The highest BCUT2D eigenvalue weighted by Gasteiger charge is 2.14. The number of amides is 1. The van der Waals surface area contributed by atoms with Gasteiger partial charge in [0.25, 0.3) is 5.91 Å². The lowest BCUT2D eigenvalue weighted by molar-refractivity contribution is 0.102. The Bertz CT molecular complexity index is 547. The van der Waals surface area contributed by atoms with Crippen molar-refractivity contribution in [3.63, 3.8) is 0 Å². The second-order valence-electron chi connectivity index (χ2n) is 3.55. The molecule has 17 heavy (non-hydrogen) atoms. The molecule has 1 amide bonds. The number of halogens is 1. The zero-order valence-corrected chi connectivity index (χ0v) is 11.3. The second kappa shape index (κ2) is 4.74. The van der Waals surface area contributed by atoms with Crippen molar-refractivity contribution in [3.05, 3.63) is 39.9 Å². The third kappa shape index (κ3) is 2.57. The molecular weight excluding hydrogens is 331 g/mol. The van der Waals surface area contributed by atoms with Gasteiger partial charge in [-0.15, -0.1) is 0 Å². The molecule has 0 radical (unpaired) electrons. The van der Waals surface area contributed by atoms with Crippen molar-refractivity contribution in [3.8, 4) is 0 Å². The number of benzene rings is 1. The Kier molecular flexibility index (Phi) is 3.32. The standard InChI is InChI=1S/C11H11IN4O/c1-16-6-14-9(10(16)13)11(17)15-8-4-2-7(12)3-5-8/h2-6H,13H2,1H3,(H,15,17). The van der Waals surface area contributed by atoms with Crippen LogP contribution in [0.25, 0.3) is 0 Å². The largest absolute Gasteiger partial charge is 0.383 e. The quantitative estimate of drug-likeness (QED) is 0.819. The van der Waals surface area contributed by atoms with Gasteiger partial charge in [-0.3, -0.25) is 4.79 Å². The number of hydrogen-bond donors (Lipinski definition) is 2. The number of anilines is 2. The van der Waals surface area contributed by atoms with Crippen molar-refractivity contribution in [2.45, 2.75) is 0 Å².